The normalized spacial score (nSPS) is 13.0. The minimum absolute atomic E-state index is 0.392. The third-order valence-corrected chi connectivity index (χ3v) is 1.61. The maximum atomic E-state index is 11.2. The molecule has 0 radical (unpaired) electrons. The quantitative estimate of drug-likeness (QED) is 0.408. The average molecular weight is 217 g/mol. The predicted molar refractivity (Wildman–Crippen MR) is 51.2 cm³/mol. The molecule has 7 nitrogen and oxygen atoms in total. The summed E-state index contributed by atoms with van der Waals surface area (Å²) in [6, 6.07) is -1.19. The number of nitrogens with one attached hydrogen (secondary N) is 1. The van der Waals surface area contributed by atoms with Crippen LogP contribution in [0.2, 0.25) is 0 Å². The van der Waals surface area contributed by atoms with Crippen molar-refractivity contribution in [2.24, 2.45) is 11.5 Å². The highest BCUT2D eigenvalue weighted by molar-refractivity contribution is 5.92. The van der Waals surface area contributed by atoms with E-state index in [1.807, 2.05) is 0 Å². The van der Waals surface area contributed by atoms with Crippen LogP contribution in [0, 0.1) is 0 Å². The SMILES string of the molecule is CC(C)(O)C(=O)N[C@@H](CC(N)=O)C(N)=O. The largest absolute Gasteiger partial charge is 0.381 e. The van der Waals surface area contributed by atoms with E-state index in [1.165, 1.54) is 13.8 Å². The Bertz CT molecular complexity index is 282. The summed E-state index contributed by atoms with van der Waals surface area (Å²) in [4.78, 5) is 32.6. The fourth-order valence-electron chi connectivity index (χ4n) is 0.759. The second-order valence-corrected chi connectivity index (χ2v) is 3.66. The van der Waals surface area contributed by atoms with Crippen LogP contribution in [0.5, 0.6) is 0 Å². The van der Waals surface area contributed by atoms with Crippen molar-refractivity contribution < 1.29 is 19.5 Å². The molecule has 0 aliphatic heterocycles. The van der Waals surface area contributed by atoms with Crippen LogP contribution in [0.4, 0.5) is 0 Å². The Morgan fingerprint density at radius 2 is 1.80 bits per heavy atom. The van der Waals surface area contributed by atoms with Crippen molar-refractivity contribution in [3.63, 3.8) is 0 Å². The number of hydrogen-bond donors (Lipinski definition) is 4. The Kier molecular flexibility index (Phi) is 4.22. The van der Waals surface area contributed by atoms with Crippen molar-refractivity contribution >= 4 is 17.7 Å². The summed E-state index contributed by atoms with van der Waals surface area (Å²) in [5, 5.41) is 11.4. The number of carbonyl (C=O) groups excluding carboxylic acids is 3. The van der Waals surface area contributed by atoms with Gasteiger partial charge in [-0.15, -0.1) is 0 Å². The number of primary amides is 2. The molecule has 6 N–H and O–H groups in total. The van der Waals surface area contributed by atoms with E-state index in [0.29, 0.717) is 0 Å². The van der Waals surface area contributed by atoms with E-state index in [9.17, 15) is 19.5 Å². The van der Waals surface area contributed by atoms with E-state index in [2.05, 4.69) is 5.32 Å². The topological polar surface area (TPSA) is 136 Å². The molecule has 7 heteroatoms. The van der Waals surface area contributed by atoms with Crippen molar-refractivity contribution in [3.05, 3.63) is 0 Å². The lowest BCUT2D eigenvalue weighted by molar-refractivity contribution is -0.139. The fourth-order valence-corrected chi connectivity index (χ4v) is 0.759. The Morgan fingerprint density at radius 1 is 1.33 bits per heavy atom. The molecule has 0 rings (SSSR count). The monoisotopic (exact) mass is 217 g/mol. The van der Waals surface area contributed by atoms with Crippen molar-refractivity contribution in [3.8, 4) is 0 Å². The number of rotatable bonds is 5. The first-order chi connectivity index (χ1) is 6.64. The molecule has 0 heterocycles. The molecular weight excluding hydrogens is 202 g/mol. The third kappa shape index (κ3) is 4.96. The van der Waals surface area contributed by atoms with E-state index < -0.39 is 35.8 Å². The van der Waals surface area contributed by atoms with Gasteiger partial charge in [-0.2, -0.15) is 0 Å². The maximum absolute atomic E-state index is 11.2. The number of hydrogen-bond acceptors (Lipinski definition) is 4. The molecule has 0 aromatic carbocycles. The molecule has 3 amide bonds. The number of carbonyl (C=O) groups is 3. The highest BCUT2D eigenvalue weighted by Crippen LogP contribution is 2.02. The van der Waals surface area contributed by atoms with Crippen LogP contribution in [0.3, 0.4) is 0 Å². The number of aliphatic hydroxyl groups is 1. The molecule has 0 aromatic heterocycles. The minimum atomic E-state index is -1.65. The van der Waals surface area contributed by atoms with Crippen LogP contribution < -0.4 is 16.8 Å². The van der Waals surface area contributed by atoms with Crippen LogP contribution in [0.15, 0.2) is 0 Å². The van der Waals surface area contributed by atoms with Gasteiger partial charge in [0.15, 0.2) is 0 Å². The van der Waals surface area contributed by atoms with Crippen LogP contribution in [-0.4, -0.2) is 34.5 Å². The van der Waals surface area contributed by atoms with Gasteiger partial charge >= 0.3 is 0 Å². The van der Waals surface area contributed by atoms with Crippen LogP contribution >= 0.6 is 0 Å². The second-order valence-electron chi connectivity index (χ2n) is 3.66. The lowest BCUT2D eigenvalue weighted by Gasteiger charge is -2.20. The van der Waals surface area contributed by atoms with Gasteiger partial charge < -0.3 is 21.9 Å². The van der Waals surface area contributed by atoms with Gasteiger partial charge in [0.2, 0.25) is 11.8 Å². The molecule has 15 heavy (non-hydrogen) atoms. The summed E-state index contributed by atoms with van der Waals surface area (Å²) in [6.07, 6.45) is -0.392. The Balaban J connectivity index is 4.50. The van der Waals surface area contributed by atoms with Crippen LogP contribution in [0.25, 0.3) is 0 Å². The molecule has 1 atom stereocenters. The van der Waals surface area contributed by atoms with E-state index in [-0.39, 0.29) is 0 Å². The van der Waals surface area contributed by atoms with Crippen molar-refractivity contribution in [2.75, 3.05) is 0 Å². The maximum Gasteiger partial charge on any atom is 0.252 e. The molecule has 0 aliphatic rings. The molecule has 0 spiro atoms. The summed E-state index contributed by atoms with van der Waals surface area (Å²) < 4.78 is 0. The Morgan fingerprint density at radius 3 is 2.07 bits per heavy atom. The first kappa shape index (κ1) is 13.4. The first-order valence-electron chi connectivity index (χ1n) is 4.25. The smallest absolute Gasteiger partial charge is 0.252 e. The third-order valence-electron chi connectivity index (χ3n) is 1.61. The van der Waals surface area contributed by atoms with Gasteiger partial charge in [-0.1, -0.05) is 0 Å². The summed E-state index contributed by atoms with van der Waals surface area (Å²) in [7, 11) is 0. The predicted octanol–water partition coefficient (Wildman–Crippen LogP) is -2.40. The molecule has 0 fully saturated rings. The second kappa shape index (κ2) is 4.74. The van der Waals surface area contributed by atoms with Crippen LogP contribution in [0.1, 0.15) is 20.3 Å². The lowest BCUT2D eigenvalue weighted by atomic mass is 10.1. The van der Waals surface area contributed by atoms with Gasteiger partial charge in [-0.3, -0.25) is 14.4 Å². The molecule has 0 saturated carbocycles. The zero-order valence-electron chi connectivity index (χ0n) is 8.61. The summed E-state index contributed by atoms with van der Waals surface area (Å²) in [6.45, 7) is 2.48. The standard InChI is InChI=1S/C8H15N3O4/c1-8(2,15)7(14)11-4(6(10)13)3-5(9)12/h4,15H,3H2,1-2H3,(H2,9,12)(H2,10,13)(H,11,14)/t4-/m0/s1. The summed E-state index contributed by atoms with van der Waals surface area (Å²) in [5.41, 5.74) is 8.14. The van der Waals surface area contributed by atoms with Gasteiger partial charge in [0.25, 0.3) is 5.91 Å². The minimum Gasteiger partial charge on any atom is -0.381 e. The highest BCUT2D eigenvalue weighted by atomic mass is 16.3. The zero-order chi connectivity index (χ0) is 12.2. The van der Waals surface area contributed by atoms with Crippen molar-refractivity contribution in [1.29, 1.82) is 0 Å². The van der Waals surface area contributed by atoms with Gasteiger partial charge in [-0.05, 0) is 13.8 Å². The van der Waals surface area contributed by atoms with E-state index >= 15 is 0 Å². The van der Waals surface area contributed by atoms with Gasteiger partial charge in [0, 0.05) is 0 Å². The van der Waals surface area contributed by atoms with E-state index in [1.54, 1.807) is 0 Å². The number of nitrogens with two attached hydrogens (primary N) is 2. The van der Waals surface area contributed by atoms with Crippen LogP contribution in [-0.2, 0) is 14.4 Å². The Labute approximate surface area is 86.8 Å². The molecule has 0 saturated heterocycles. The van der Waals surface area contributed by atoms with Crippen molar-refractivity contribution in [2.45, 2.75) is 31.9 Å². The molecular formula is C8H15N3O4. The average Bonchev–Trinajstić information content (AvgIpc) is 1.99. The molecule has 0 aromatic rings. The summed E-state index contributed by atoms with van der Waals surface area (Å²) in [5.74, 6) is -2.45. The lowest BCUT2D eigenvalue weighted by Crippen LogP contribution is -2.52. The van der Waals surface area contributed by atoms with E-state index in [0.717, 1.165) is 0 Å². The van der Waals surface area contributed by atoms with Gasteiger partial charge in [0.05, 0.1) is 6.42 Å². The van der Waals surface area contributed by atoms with Gasteiger partial charge in [0.1, 0.15) is 11.6 Å². The fraction of sp³-hybridized carbons (Fsp3) is 0.625. The summed E-state index contributed by atoms with van der Waals surface area (Å²) >= 11 is 0. The first-order valence-corrected chi connectivity index (χ1v) is 4.25. The zero-order valence-corrected chi connectivity index (χ0v) is 8.61. The molecule has 0 bridgehead atoms. The highest BCUT2D eigenvalue weighted by Gasteiger charge is 2.28. The van der Waals surface area contributed by atoms with Crippen molar-refractivity contribution in [1.82, 2.24) is 5.32 Å². The molecule has 86 valence electrons. The molecule has 0 aliphatic carbocycles. The molecule has 0 unspecified atom stereocenters. The van der Waals surface area contributed by atoms with E-state index in [4.69, 9.17) is 11.5 Å². The number of amides is 3. The Hall–Kier alpha value is -1.63. The van der Waals surface area contributed by atoms with Gasteiger partial charge in [-0.25, -0.2) is 0 Å².